The standard InChI is InChI=1S/C12H12N4S/c1-16-12(14-9-15-16)17-8-11(7-13)10-5-3-2-4-6-10/h2-6,9,11H,8H2,1H3. The number of nitrogens with zero attached hydrogens (tertiary/aromatic N) is 4. The van der Waals surface area contributed by atoms with Gasteiger partial charge in [0.1, 0.15) is 6.33 Å². The van der Waals surface area contributed by atoms with Gasteiger partial charge in [-0.05, 0) is 5.56 Å². The lowest BCUT2D eigenvalue weighted by Crippen LogP contribution is -2.01. The molecule has 0 aliphatic rings. The maximum atomic E-state index is 9.17. The molecule has 0 amide bonds. The van der Waals surface area contributed by atoms with E-state index in [9.17, 15) is 5.26 Å². The summed E-state index contributed by atoms with van der Waals surface area (Å²) < 4.78 is 1.71. The van der Waals surface area contributed by atoms with E-state index in [1.807, 2.05) is 37.4 Å². The first kappa shape index (κ1) is 11.7. The minimum absolute atomic E-state index is 0.113. The van der Waals surface area contributed by atoms with Crippen LogP contribution in [0.4, 0.5) is 0 Å². The number of hydrogen-bond donors (Lipinski definition) is 0. The number of thioether (sulfide) groups is 1. The van der Waals surface area contributed by atoms with Crippen LogP contribution in [0.15, 0.2) is 41.8 Å². The second kappa shape index (κ2) is 5.51. The average Bonchev–Trinajstić information content (AvgIpc) is 2.77. The summed E-state index contributed by atoms with van der Waals surface area (Å²) in [5.41, 5.74) is 1.05. The van der Waals surface area contributed by atoms with Gasteiger partial charge in [-0.1, -0.05) is 42.1 Å². The van der Waals surface area contributed by atoms with Gasteiger partial charge in [-0.2, -0.15) is 10.4 Å². The van der Waals surface area contributed by atoms with Crippen LogP contribution in [-0.4, -0.2) is 20.5 Å². The van der Waals surface area contributed by atoms with Crippen LogP contribution in [0.3, 0.4) is 0 Å². The van der Waals surface area contributed by atoms with E-state index in [1.165, 1.54) is 6.33 Å². The van der Waals surface area contributed by atoms with Gasteiger partial charge in [0.05, 0.1) is 12.0 Å². The number of aryl methyl sites for hydroxylation is 1. The Labute approximate surface area is 104 Å². The molecular formula is C12H12N4S. The molecule has 0 aliphatic heterocycles. The molecule has 86 valence electrons. The molecule has 1 aromatic heterocycles. The molecule has 0 spiro atoms. The molecule has 1 aromatic carbocycles. The maximum absolute atomic E-state index is 9.17. The monoisotopic (exact) mass is 244 g/mol. The second-order valence-electron chi connectivity index (χ2n) is 3.57. The van der Waals surface area contributed by atoms with Crippen molar-refractivity contribution in [2.45, 2.75) is 11.1 Å². The summed E-state index contributed by atoms with van der Waals surface area (Å²) in [6.07, 6.45) is 1.52. The van der Waals surface area contributed by atoms with Crippen molar-refractivity contribution in [3.63, 3.8) is 0 Å². The summed E-state index contributed by atoms with van der Waals surface area (Å²) in [6.45, 7) is 0. The molecule has 1 unspecified atom stereocenters. The van der Waals surface area contributed by atoms with Crippen molar-refractivity contribution in [2.75, 3.05) is 5.75 Å². The second-order valence-corrected chi connectivity index (χ2v) is 4.56. The highest BCUT2D eigenvalue weighted by Gasteiger charge is 2.12. The van der Waals surface area contributed by atoms with E-state index in [0.29, 0.717) is 5.75 Å². The molecule has 0 radical (unpaired) electrons. The molecule has 2 aromatic rings. The van der Waals surface area contributed by atoms with Crippen LogP contribution >= 0.6 is 11.8 Å². The zero-order valence-electron chi connectivity index (χ0n) is 9.45. The number of benzene rings is 1. The largest absolute Gasteiger partial charge is 0.244 e. The van der Waals surface area contributed by atoms with Crippen molar-refractivity contribution in [1.29, 1.82) is 5.26 Å². The lowest BCUT2D eigenvalue weighted by Gasteiger charge is -2.08. The van der Waals surface area contributed by atoms with Crippen molar-refractivity contribution in [1.82, 2.24) is 14.8 Å². The zero-order chi connectivity index (χ0) is 12.1. The van der Waals surface area contributed by atoms with Gasteiger partial charge in [-0.15, -0.1) is 0 Å². The smallest absolute Gasteiger partial charge is 0.185 e. The molecular weight excluding hydrogens is 232 g/mol. The van der Waals surface area contributed by atoms with Gasteiger partial charge in [-0.25, -0.2) is 9.67 Å². The van der Waals surface area contributed by atoms with E-state index < -0.39 is 0 Å². The molecule has 0 saturated heterocycles. The van der Waals surface area contributed by atoms with Crippen LogP contribution in [-0.2, 0) is 7.05 Å². The molecule has 0 bridgehead atoms. The van der Waals surface area contributed by atoms with E-state index in [2.05, 4.69) is 16.2 Å². The minimum atomic E-state index is -0.113. The molecule has 4 nitrogen and oxygen atoms in total. The fourth-order valence-corrected chi connectivity index (χ4v) is 2.41. The predicted octanol–water partition coefficient (Wildman–Crippen LogP) is 2.21. The van der Waals surface area contributed by atoms with Crippen LogP contribution in [0.25, 0.3) is 0 Å². The number of nitriles is 1. The van der Waals surface area contributed by atoms with Gasteiger partial charge >= 0.3 is 0 Å². The van der Waals surface area contributed by atoms with E-state index in [0.717, 1.165) is 10.7 Å². The maximum Gasteiger partial charge on any atom is 0.185 e. The third-order valence-electron chi connectivity index (χ3n) is 2.41. The Morgan fingerprint density at radius 3 is 2.76 bits per heavy atom. The third-order valence-corrected chi connectivity index (χ3v) is 3.53. The molecule has 1 atom stereocenters. The van der Waals surface area contributed by atoms with Gasteiger partial charge in [0.15, 0.2) is 5.16 Å². The molecule has 0 N–H and O–H groups in total. The van der Waals surface area contributed by atoms with Crippen molar-refractivity contribution in [3.8, 4) is 6.07 Å². The quantitative estimate of drug-likeness (QED) is 0.774. The molecule has 0 aliphatic carbocycles. The van der Waals surface area contributed by atoms with E-state index >= 15 is 0 Å². The average molecular weight is 244 g/mol. The van der Waals surface area contributed by atoms with Crippen molar-refractivity contribution >= 4 is 11.8 Å². The summed E-state index contributed by atoms with van der Waals surface area (Å²) in [5, 5.41) is 14.0. The van der Waals surface area contributed by atoms with Crippen molar-refractivity contribution < 1.29 is 0 Å². The molecule has 17 heavy (non-hydrogen) atoms. The first-order valence-electron chi connectivity index (χ1n) is 5.22. The van der Waals surface area contributed by atoms with E-state index in [1.54, 1.807) is 16.4 Å². The highest BCUT2D eigenvalue weighted by Crippen LogP contribution is 2.23. The molecule has 0 fully saturated rings. The minimum Gasteiger partial charge on any atom is -0.244 e. The normalized spacial score (nSPS) is 12.0. The van der Waals surface area contributed by atoms with Crippen molar-refractivity contribution in [3.05, 3.63) is 42.2 Å². The lowest BCUT2D eigenvalue weighted by molar-refractivity contribution is 0.684. The number of rotatable bonds is 4. The summed E-state index contributed by atoms with van der Waals surface area (Å²) in [6, 6.07) is 12.1. The van der Waals surface area contributed by atoms with Crippen molar-refractivity contribution in [2.24, 2.45) is 7.05 Å². The first-order chi connectivity index (χ1) is 8.31. The summed E-state index contributed by atoms with van der Waals surface area (Å²) in [5.74, 6) is 0.574. The lowest BCUT2D eigenvalue weighted by atomic mass is 10.0. The molecule has 1 heterocycles. The fraction of sp³-hybridized carbons (Fsp3) is 0.250. The first-order valence-corrected chi connectivity index (χ1v) is 6.21. The fourth-order valence-electron chi connectivity index (χ4n) is 1.47. The molecule has 5 heteroatoms. The highest BCUT2D eigenvalue weighted by molar-refractivity contribution is 7.99. The third kappa shape index (κ3) is 2.86. The van der Waals surface area contributed by atoms with Crippen LogP contribution in [0, 0.1) is 11.3 Å². The summed E-state index contributed by atoms with van der Waals surface area (Å²) in [7, 11) is 1.85. The molecule has 2 rings (SSSR count). The Bertz CT molecular complexity index is 515. The Hall–Kier alpha value is -1.80. The van der Waals surface area contributed by atoms with Gasteiger partial charge in [0.2, 0.25) is 0 Å². The zero-order valence-corrected chi connectivity index (χ0v) is 10.3. The number of aromatic nitrogens is 3. The van der Waals surface area contributed by atoms with Gasteiger partial charge in [-0.3, -0.25) is 0 Å². The Kier molecular flexibility index (Phi) is 3.78. The van der Waals surface area contributed by atoms with Gasteiger partial charge in [0.25, 0.3) is 0 Å². The van der Waals surface area contributed by atoms with Crippen LogP contribution in [0.1, 0.15) is 11.5 Å². The Balaban J connectivity index is 2.03. The topological polar surface area (TPSA) is 54.5 Å². The van der Waals surface area contributed by atoms with E-state index in [4.69, 9.17) is 0 Å². The van der Waals surface area contributed by atoms with E-state index in [-0.39, 0.29) is 5.92 Å². The molecule has 0 saturated carbocycles. The highest BCUT2D eigenvalue weighted by atomic mass is 32.2. The number of hydrogen-bond acceptors (Lipinski definition) is 4. The SMILES string of the molecule is Cn1ncnc1SCC(C#N)c1ccccc1. The summed E-state index contributed by atoms with van der Waals surface area (Å²) >= 11 is 1.55. The van der Waals surface area contributed by atoms with Gasteiger partial charge < -0.3 is 0 Å². The van der Waals surface area contributed by atoms with Crippen LogP contribution < -0.4 is 0 Å². The van der Waals surface area contributed by atoms with Crippen LogP contribution in [0.2, 0.25) is 0 Å². The van der Waals surface area contributed by atoms with Gasteiger partial charge in [0, 0.05) is 12.8 Å². The van der Waals surface area contributed by atoms with Crippen LogP contribution in [0.5, 0.6) is 0 Å². The Morgan fingerprint density at radius 2 is 2.18 bits per heavy atom. The summed E-state index contributed by atoms with van der Waals surface area (Å²) in [4.78, 5) is 4.12. The predicted molar refractivity (Wildman–Crippen MR) is 66.5 cm³/mol. The Morgan fingerprint density at radius 1 is 1.41 bits per heavy atom.